The molecule has 0 rings (SSSR count). The molecular formula is C22H44NO8P. The summed E-state index contributed by atoms with van der Waals surface area (Å²) >= 11 is 0. The van der Waals surface area contributed by atoms with E-state index in [-0.39, 0.29) is 32.6 Å². The molecule has 9 nitrogen and oxygen atoms in total. The Kier molecular flexibility index (Phi) is 20.0. The third-order valence-electron chi connectivity index (χ3n) is 4.74. The number of hydrogen-bond donors (Lipinski definition) is 2. The van der Waals surface area contributed by atoms with E-state index < -0.39 is 32.5 Å². The fourth-order valence-corrected chi connectivity index (χ4v) is 3.69. The summed E-state index contributed by atoms with van der Waals surface area (Å²) in [6.07, 6.45) is 11.0. The van der Waals surface area contributed by atoms with Gasteiger partial charge in [0.25, 0.3) is 0 Å². The summed E-state index contributed by atoms with van der Waals surface area (Å²) < 4.78 is 31.8. The molecule has 0 aliphatic carbocycles. The highest BCUT2D eigenvalue weighted by Gasteiger charge is 2.25. The summed E-state index contributed by atoms with van der Waals surface area (Å²) in [5, 5.41) is 0. The molecule has 32 heavy (non-hydrogen) atoms. The zero-order valence-electron chi connectivity index (χ0n) is 19.9. The first kappa shape index (κ1) is 31.0. The fraction of sp³-hybridized carbons (Fsp3) is 0.909. The van der Waals surface area contributed by atoms with Gasteiger partial charge in [-0.1, -0.05) is 71.6 Å². The highest BCUT2D eigenvalue weighted by Crippen LogP contribution is 2.43. The first-order valence-electron chi connectivity index (χ1n) is 12.0. The number of carbonyl (C=O) groups is 2. The summed E-state index contributed by atoms with van der Waals surface area (Å²) in [6.45, 7) is 3.44. The molecule has 0 aliphatic rings. The van der Waals surface area contributed by atoms with E-state index in [0.29, 0.717) is 6.42 Å². The van der Waals surface area contributed by atoms with Crippen molar-refractivity contribution in [2.24, 2.45) is 5.73 Å². The Bertz CT molecular complexity index is 532. The van der Waals surface area contributed by atoms with Crippen molar-refractivity contribution in [3.05, 3.63) is 0 Å². The predicted molar refractivity (Wildman–Crippen MR) is 123 cm³/mol. The van der Waals surface area contributed by atoms with Gasteiger partial charge >= 0.3 is 19.8 Å². The molecule has 0 saturated carbocycles. The first-order valence-corrected chi connectivity index (χ1v) is 13.5. The number of carbonyl (C=O) groups excluding carboxylic acids is 2. The van der Waals surface area contributed by atoms with Crippen LogP contribution in [0.3, 0.4) is 0 Å². The molecular weight excluding hydrogens is 437 g/mol. The lowest BCUT2D eigenvalue weighted by atomic mass is 10.1. The molecule has 0 heterocycles. The van der Waals surface area contributed by atoms with Crippen molar-refractivity contribution in [2.45, 2.75) is 103 Å². The zero-order chi connectivity index (χ0) is 24.1. The van der Waals surface area contributed by atoms with Gasteiger partial charge in [-0.3, -0.25) is 18.6 Å². The number of esters is 2. The number of unbranched alkanes of at least 4 members (excludes halogenated alkanes) is 9. The molecule has 0 aliphatic heterocycles. The molecule has 1 unspecified atom stereocenters. The molecule has 190 valence electrons. The van der Waals surface area contributed by atoms with E-state index in [1.54, 1.807) is 0 Å². The number of phosphoric ester groups is 1. The molecule has 0 aromatic rings. The lowest BCUT2D eigenvalue weighted by Gasteiger charge is -2.19. The molecule has 0 saturated heterocycles. The number of phosphoric acid groups is 1. The second-order valence-electron chi connectivity index (χ2n) is 7.86. The van der Waals surface area contributed by atoms with Gasteiger partial charge in [0.15, 0.2) is 6.10 Å². The van der Waals surface area contributed by atoms with Crippen LogP contribution >= 0.6 is 7.82 Å². The topological polar surface area (TPSA) is 134 Å². The van der Waals surface area contributed by atoms with Crippen molar-refractivity contribution in [2.75, 3.05) is 26.4 Å². The van der Waals surface area contributed by atoms with Crippen molar-refractivity contribution in [3.63, 3.8) is 0 Å². The Morgan fingerprint density at radius 2 is 1.34 bits per heavy atom. The van der Waals surface area contributed by atoms with E-state index in [1.165, 1.54) is 32.1 Å². The van der Waals surface area contributed by atoms with Gasteiger partial charge in [0.1, 0.15) is 6.61 Å². The average Bonchev–Trinajstić information content (AvgIpc) is 2.76. The Hall–Kier alpha value is -0.990. The average molecular weight is 482 g/mol. The van der Waals surface area contributed by atoms with Crippen LogP contribution in [0.2, 0.25) is 0 Å². The molecule has 0 amide bonds. The Morgan fingerprint density at radius 1 is 0.812 bits per heavy atom. The second-order valence-corrected chi connectivity index (χ2v) is 9.32. The molecule has 10 heteroatoms. The third-order valence-corrected chi connectivity index (χ3v) is 5.73. The van der Waals surface area contributed by atoms with Crippen LogP contribution in [0, 0.1) is 0 Å². The molecule has 2 atom stereocenters. The SMILES string of the molecule is CCCCCCCCCCC(=O)OC[C@H](COP(=O)(O)OCCN)OC(=O)CCCCC. The Labute approximate surface area is 193 Å². The maximum absolute atomic E-state index is 12.0. The van der Waals surface area contributed by atoms with Crippen LogP contribution < -0.4 is 5.73 Å². The van der Waals surface area contributed by atoms with Crippen molar-refractivity contribution in [3.8, 4) is 0 Å². The summed E-state index contributed by atoms with van der Waals surface area (Å²) in [5.41, 5.74) is 5.24. The van der Waals surface area contributed by atoms with Gasteiger partial charge in [0.05, 0.1) is 13.2 Å². The minimum atomic E-state index is -4.33. The van der Waals surface area contributed by atoms with Crippen molar-refractivity contribution in [1.29, 1.82) is 0 Å². The third kappa shape index (κ3) is 19.7. The Balaban J connectivity index is 4.35. The lowest BCUT2D eigenvalue weighted by Crippen LogP contribution is -2.29. The van der Waals surface area contributed by atoms with E-state index >= 15 is 0 Å². The number of rotatable bonds is 22. The van der Waals surface area contributed by atoms with Crippen molar-refractivity contribution < 1.29 is 37.6 Å². The van der Waals surface area contributed by atoms with Gasteiger partial charge in [-0.25, -0.2) is 4.57 Å². The van der Waals surface area contributed by atoms with Crippen LogP contribution in [0.1, 0.15) is 97.3 Å². The zero-order valence-corrected chi connectivity index (χ0v) is 20.8. The van der Waals surface area contributed by atoms with E-state index in [4.69, 9.17) is 19.7 Å². The largest absolute Gasteiger partial charge is 0.472 e. The lowest BCUT2D eigenvalue weighted by molar-refractivity contribution is -0.161. The van der Waals surface area contributed by atoms with Crippen LogP contribution in [0.5, 0.6) is 0 Å². The molecule has 0 bridgehead atoms. The predicted octanol–water partition coefficient (Wildman–Crippen LogP) is 4.64. The summed E-state index contributed by atoms with van der Waals surface area (Å²) in [6, 6.07) is 0. The summed E-state index contributed by atoms with van der Waals surface area (Å²) in [7, 11) is -4.33. The van der Waals surface area contributed by atoms with E-state index in [0.717, 1.165) is 32.1 Å². The monoisotopic (exact) mass is 481 g/mol. The first-order chi connectivity index (χ1) is 15.3. The fourth-order valence-electron chi connectivity index (χ4n) is 2.92. The van der Waals surface area contributed by atoms with Crippen LogP contribution in [0.25, 0.3) is 0 Å². The maximum atomic E-state index is 12.0. The number of ether oxygens (including phenoxy) is 2. The highest BCUT2D eigenvalue weighted by molar-refractivity contribution is 7.47. The molecule has 0 radical (unpaired) electrons. The summed E-state index contributed by atoms with van der Waals surface area (Å²) in [5.74, 6) is -0.864. The quantitative estimate of drug-likeness (QED) is 0.129. The van der Waals surface area contributed by atoms with Gasteiger partial charge in [0, 0.05) is 19.4 Å². The Morgan fingerprint density at radius 3 is 1.97 bits per heavy atom. The smallest absolute Gasteiger partial charge is 0.462 e. The standard InChI is InChI=1S/C22H44NO8P/c1-3-5-7-8-9-10-11-13-14-21(24)28-18-20(31-22(25)15-12-6-4-2)19-30-32(26,27)29-17-16-23/h20H,3-19,23H2,1-2H3,(H,26,27)/t20-/m1/s1. The second kappa shape index (κ2) is 20.6. The van der Waals surface area contributed by atoms with Crippen LogP contribution in [0.15, 0.2) is 0 Å². The highest BCUT2D eigenvalue weighted by atomic mass is 31.2. The minimum absolute atomic E-state index is 0.0557. The summed E-state index contributed by atoms with van der Waals surface area (Å²) in [4.78, 5) is 33.6. The normalized spacial score (nSPS) is 14.0. The number of nitrogens with two attached hydrogens (primary N) is 1. The van der Waals surface area contributed by atoms with Gasteiger partial charge in [0.2, 0.25) is 0 Å². The maximum Gasteiger partial charge on any atom is 0.472 e. The number of hydrogen-bond acceptors (Lipinski definition) is 8. The van der Waals surface area contributed by atoms with Crippen molar-refractivity contribution >= 4 is 19.8 Å². The van der Waals surface area contributed by atoms with Crippen LogP contribution in [0.4, 0.5) is 0 Å². The van der Waals surface area contributed by atoms with Gasteiger partial charge in [-0.15, -0.1) is 0 Å². The van der Waals surface area contributed by atoms with Crippen molar-refractivity contribution in [1.82, 2.24) is 0 Å². The molecule has 0 aromatic carbocycles. The van der Waals surface area contributed by atoms with E-state index in [9.17, 15) is 19.0 Å². The van der Waals surface area contributed by atoms with E-state index in [2.05, 4.69) is 11.4 Å². The van der Waals surface area contributed by atoms with Gasteiger partial charge in [-0.2, -0.15) is 0 Å². The van der Waals surface area contributed by atoms with Crippen LogP contribution in [-0.2, 0) is 32.7 Å². The molecule has 0 fully saturated rings. The minimum Gasteiger partial charge on any atom is -0.462 e. The molecule has 3 N–H and O–H groups in total. The van der Waals surface area contributed by atoms with E-state index in [1.807, 2.05) is 6.92 Å². The van der Waals surface area contributed by atoms with Crippen LogP contribution in [-0.4, -0.2) is 49.3 Å². The molecule has 0 aromatic heterocycles. The van der Waals surface area contributed by atoms with Gasteiger partial charge < -0.3 is 20.1 Å². The molecule has 0 spiro atoms. The van der Waals surface area contributed by atoms with Gasteiger partial charge in [-0.05, 0) is 12.8 Å².